The summed E-state index contributed by atoms with van der Waals surface area (Å²) in [6.45, 7) is 3.72. The molecule has 1 fully saturated rings. The van der Waals surface area contributed by atoms with Gasteiger partial charge in [0.15, 0.2) is 0 Å². The Bertz CT molecular complexity index is 306. The van der Waals surface area contributed by atoms with Gasteiger partial charge in [0.05, 0.1) is 26.2 Å². The van der Waals surface area contributed by atoms with Gasteiger partial charge < -0.3 is 10.2 Å². The maximum atomic E-state index is 11.9. The number of pyridine rings is 1. The van der Waals surface area contributed by atoms with Crippen LogP contribution in [0.2, 0.25) is 0 Å². The second-order valence-corrected chi connectivity index (χ2v) is 3.39. The van der Waals surface area contributed by atoms with Crippen molar-refractivity contribution >= 4 is 5.91 Å². The first kappa shape index (κ1) is 9.15. The van der Waals surface area contributed by atoms with Gasteiger partial charge in [-0.1, -0.05) is 0 Å². The molecule has 14 heavy (non-hydrogen) atoms. The smallest absolute Gasteiger partial charge is 0.254 e. The second-order valence-electron chi connectivity index (χ2n) is 3.39. The van der Waals surface area contributed by atoms with E-state index in [0.717, 1.165) is 31.7 Å². The number of quaternary nitrogens is 1. The quantitative estimate of drug-likeness (QED) is 0.627. The highest BCUT2D eigenvalue weighted by atomic mass is 16.2. The first-order valence-corrected chi connectivity index (χ1v) is 4.89. The van der Waals surface area contributed by atoms with E-state index in [1.807, 2.05) is 4.90 Å². The fourth-order valence-corrected chi connectivity index (χ4v) is 1.63. The molecule has 74 valence electrons. The summed E-state index contributed by atoms with van der Waals surface area (Å²) in [4.78, 5) is 17.7. The van der Waals surface area contributed by atoms with Crippen LogP contribution < -0.4 is 5.32 Å². The van der Waals surface area contributed by atoms with Crippen molar-refractivity contribution in [1.29, 1.82) is 0 Å². The third kappa shape index (κ3) is 1.90. The summed E-state index contributed by atoms with van der Waals surface area (Å²) in [6, 6.07) is 3.53. The molecule has 0 radical (unpaired) electrons. The summed E-state index contributed by atoms with van der Waals surface area (Å²) in [5.74, 6) is 0.125. The van der Waals surface area contributed by atoms with Gasteiger partial charge in [-0.05, 0) is 12.1 Å². The van der Waals surface area contributed by atoms with Crippen molar-refractivity contribution in [1.82, 2.24) is 9.88 Å². The molecule has 0 aliphatic carbocycles. The molecule has 2 N–H and O–H groups in total. The molecular formula is C10H14N3O+. The minimum Gasteiger partial charge on any atom is -0.343 e. The Hall–Kier alpha value is -1.42. The van der Waals surface area contributed by atoms with Crippen LogP contribution in [-0.4, -0.2) is 42.0 Å². The second kappa shape index (κ2) is 4.19. The molecule has 0 saturated carbocycles. The molecule has 1 aliphatic heterocycles. The largest absolute Gasteiger partial charge is 0.343 e. The van der Waals surface area contributed by atoms with Crippen LogP contribution in [0, 0.1) is 0 Å². The maximum Gasteiger partial charge on any atom is 0.254 e. The van der Waals surface area contributed by atoms with Gasteiger partial charge in [0.2, 0.25) is 0 Å². The lowest BCUT2D eigenvalue weighted by atomic mass is 10.2. The van der Waals surface area contributed by atoms with Crippen molar-refractivity contribution in [2.24, 2.45) is 0 Å². The number of hydrogen-bond acceptors (Lipinski definition) is 2. The fourth-order valence-electron chi connectivity index (χ4n) is 1.63. The van der Waals surface area contributed by atoms with Gasteiger partial charge in [0.1, 0.15) is 0 Å². The molecule has 4 nitrogen and oxygen atoms in total. The molecule has 2 heterocycles. The summed E-state index contributed by atoms with van der Waals surface area (Å²) < 4.78 is 0. The molecule has 0 spiro atoms. The highest BCUT2D eigenvalue weighted by molar-refractivity contribution is 5.94. The maximum absolute atomic E-state index is 11.9. The Balaban J connectivity index is 2.07. The van der Waals surface area contributed by atoms with Crippen molar-refractivity contribution in [3.05, 3.63) is 30.1 Å². The summed E-state index contributed by atoms with van der Waals surface area (Å²) >= 11 is 0. The number of carbonyl (C=O) groups excluding carboxylic acids is 1. The third-order valence-corrected chi connectivity index (χ3v) is 2.42. The Morgan fingerprint density at radius 1 is 1.29 bits per heavy atom. The van der Waals surface area contributed by atoms with Crippen molar-refractivity contribution in [2.75, 3.05) is 26.2 Å². The molecular weight excluding hydrogens is 178 g/mol. The predicted octanol–water partition coefficient (Wildman–Crippen LogP) is -0.899. The number of nitrogens with zero attached hydrogens (tertiary/aromatic N) is 2. The van der Waals surface area contributed by atoms with E-state index in [4.69, 9.17) is 0 Å². The number of nitrogens with two attached hydrogens (primary N) is 1. The lowest BCUT2D eigenvalue weighted by Gasteiger charge is -2.25. The minimum absolute atomic E-state index is 0.125. The number of amides is 1. The number of rotatable bonds is 1. The number of carbonyl (C=O) groups is 1. The number of aromatic nitrogens is 1. The van der Waals surface area contributed by atoms with Gasteiger partial charge in [-0.2, -0.15) is 0 Å². The third-order valence-electron chi connectivity index (χ3n) is 2.42. The number of piperazine rings is 1. The van der Waals surface area contributed by atoms with Gasteiger partial charge in [0, 0.05) is 18.0 Å². The van der Waals surface area contributed by atoms with E-state index in [9.17, 15) is 4.79 Å². The topological polar surface area (TPSA) is 49.8 Å². The molecule has 1 aromatic rings. The van der Waals surface area contributed by atoms with E-state index in [1.165, 1.54) is 0 Å². The van der Waals surface area contributed by atoms with Crippen molar-refractivity contribution in [2.45, 2.75) is 0 Å². The molecule has 0 bridgehead atoms. The van der Waals surface area contributed by atoms with Crippen LogP contribution in [0.15, 0.2) is 24.5 Å². The van der Waals surface area contributed by atoms with Crippen LogP contribution in [0.3, 0.4) is 0 Å². The van der Waals surface area contributed by atoms with Crippen LogP contribution in [0.4, 0.5) is 0 Å². The zero-order valence-electron chi connectivity index (χ0n) is 8.02. The minimum atomic E-state index is 0.125. The zero-order chi connectivity index (χ0) is 9.80. The standard InChI is InChI=1S/C10H13N3O/c14-10(9-1-3-11-4-2-9)13-7-5-12-6-8-13/h1-4,12H,5-8H2/p+1. The normalized spacial score (nSPS) is 16.7. The average Bonchev–Trinajstić information content (AvgIpc) is 2.30. The number of hydrogen-bond donors (Lipinski definition) is 1. The van der Waals surface area contributed by atoms with Crippen LogP contribution in [0.5, 0.6) is 0 Å². The molecule has 1 amide bonds. The van der Waals surface area contributed by atoms with Crippen LogP contribution in [0.1, 0.15) is 10.4 Å². The first-order valence-electron chi connectivity index (χ1n) is 4.89. The highest BCUT2D eigenvalue weighted by Crippen LogP contribution is 2.02. The summed E-state index contributed by atoms with van der Waals surface area (Å²) in [6.07, 6.45) is 3.31. The lowest BCUT2D eigenvalue weighted by Crippen LogP contribution is -2.89. The average molecular weight is 192 g/mol. The molecule has 1 aromatic heterocycles. The van der Waals surface area contributed by atoms with Crippen LogP contribution >= 0.6 is 0 Å². The van der Waals surface area contributed by atoms with Crippen molar-refractivity contribution in [3.63, 3.8) is 0 Å². The van der Waals surface area contributed by atoms with E-state index in [0.29, 0.717) is 0 Å². The van der Waals surface area contributed by atoms with E-state index in [-0.39, 0.29) is 5.91 Å². The molecule has 0 aromatic carbocycles. The molecule has 0 atom stereocenters. The molecule has 4 heteroatoms. The molecule has 0 unspecified atom stereocenters. The Morgan fingerprint density at radius 3 is 2.57 bits per heavy atom. The summed E-state index contributed by atoms with van der Waals surface area (Å²) in [5, 5.41) is 2.23. The highest BCUT2D eigenvalue weighted by Gasteiger charge is 2.18. The first-order chi connectivity index (χ1) is 6.88. The SMILES string of the molecule is O=C(c1ccncc1)N1CC[NH2+]CC1. The molecule has 1 aliphatic rings. The zero-order valence-corrected chi connectivity index (χ0v) is 8.02. The monoisotopic (exact) mass is 192 g/mol. The van der Waals surface area contributed by atoms with Crippen molar-refractivity contribution < 1.29 is 10.1 Å². The van der Waals surface area contributed by atoms with Gasteiger partial charge >= 0.3 is 0 Å². The van der Waals surface area contributed by atoms with Gasteiger partial charge in [-0.25, -0.2) is 0 Å². The Morgan fingerprint density at radius 2 is 1.93 bits per heavy atom. The summed E-state index contributed by atoms with van der Waals surface area (Å²) in [7, 11) is 0. The van der Waals surface area contributed by atoms with Gasteiger partial charge in [-0.3, -0.25) is 9.78 Å². The van der Waals surface area contributed by atoms with Crippen LogP contribution in [0.25, 0.3) is 0 Å². The summed E-state index contributed by atoms with van der Waals surface area (Å²) in [5.41, 5.74) is 0.738. The Kier molecular flexibility index (Phi) is 2.74. The Labute approximate surface area is 82.9 Å². The van der Waals surface area contributed by atoms with Crippen LogP contribution in [-0.2, 0) is 0 Å². The predicted molar refractivity (Wildman–Crippen MR) is 51.8 cm³/mol. The van der Waals surface area contributed by atoms with E-state index < -0.39 is 0 Å². The molecule has 1 saturated heterocycles. The van der Waals surface area contributed by atoms with Gasteiger partial charge in [-0.15, -0.1) is 0 Å². The van der Waals surface area contributed by atoms with E-state index >= 15 is 0 Å². The fraction of sp³-hybridized carbons (Fsp3) is 0.400. The lowest BCUT2D eigenvalue weighted by molar-refractivity contribution is -0.661. The van der Waals surface area contributed by atoms with E-state index in [1.54, 1.807) is 24.5 Å². The molecule has 2 rings (SSSR count). The van der Waals surface area contributed by atoms with E-state index in [2.05, 4.69) is 10.3 Å². The van der Waals surface area contributed by atoms with Gasteiger partial charge in [0.25, 0.3) is 5.91 Å². The van der Waals surface area contributed by atoms with Crippen molar-refractivity contribution in [3.8, 4) is 0 Å².